The normalized spacial score (nSPS) is 18.7. The maximum Gasteiger partial charge on any atom is 0.243 e. The maximum atomic E-state index is 13.0. The second-order valence-corrected chi connectivity index (χ2v) is 10.3. The molecular formula is C23H29ClN2O3S. The van der Waals surface area contributed by atoms with Crippen LogP contribution in [0.1, 0.15) is 48.9 Å². The highest BCUT2D eigenvalue weighted by atomic mass is 35.5. The molecule has 1 saturated heterocycles. The van der Waals surface area contributed by atoms with E-state index in [0.29, 0.717) is 24.4 Å². The van der Waals surface area contributed by atoms with E-state index < -0.39 is 10.0 Å². The van der Waals surface area contributed by atoms with Gasteiger partial charge in [-0.1, -0.05) is 36.7 Å². The first kappa shape index (κ1) is 22.8. The lowest BCUT2D eigenvalue weighted by molar-refractivity contribution is -0.126. The van der Waals surface area contributed by atoms with Crippen LogP contribution in [0.2, 0.25) is 5.02 Å². The third kappa shape index (κ3) is 5.05. The summed E-state index contributed by atoms with van der Waals surface area (Å²) in [5.74, 6) is -0.447. The molecule has 0 radical (unpaired) electrons. The molecule has 3 rings (SSSR count). The maximum absolute atomic E-state index is 13.0. The first-order valence-corrected chi connectivity index (χ1v) is 12.2. The van der Waals surface area contributed by atoms with Crippen LogP contribution in [0.15, 0.2) is 47.4 Å². The average molecular weight is 449 g/mol. The number of aryl methyl sites for hydroxylation is 2. The molecule has 1 amide bonds. The van der Waals surface area contributed by atoms with Gasteiger partial charge in [0.1, 0.15) is 0 Å². The van der Waals surface area contributed by atoms with Crippen LogP contribution in [-0.2, 0) is 14.8 Å². The molecule has 30 heavy (non-hydrogen) atoms. The molecule has 0 spiro atoms. The van der Waals surface area contributed by atoms with Gasteiger partial charge in [-0.3, -0.25) is 4.79 Å². The van der Waals surface area contributed by atoms with Crippen molar-refractivity contribution >= 4 is 27.5 Å². The third-order valence-electron chi connectivity index (χ3n) is 5.86. The fraction of sp³-hybridized carbons (Fsp3) is 0.435. The molecular weight excluding hydrogens is 420 g/mol. The number of benzene rings is 2. The Hall–Kier alpha value is -1.89. The first-order chi connectivity index (χ1) is 14.2. The molecule has 1 N–H and O–H groups in total. The Morgan fingerprint density at radius 1 is 1.17 bits per heavy atom. The smallest absolute Gasteiger partial charge is 0.243 e. The zero-order chi connectivity index (χ0) is 21.9. The summed E-state index contributed by atoms with van der Waals surface area (Å²) < 4.78 is 27.4. The van der Waals surface area contributed by atoms with Gasteiger partial charge in [0.2, 0.25) is 15.9 Å². The van der Waals surface area contributed by atoms with Crippen molar-refractivity contribution in [3.05, 3.63) is 64.2 Å². The van der Waals surface area contributed by atoms with Gasteiger partial charge in [-0.25, -0.2) is 8.42 Å². The lowest BCUT2D eigenvalue weighted by atomic mass is 9.96. The molecule has 0 aliphatic carbocycles. The number of halogens is 1. The van der Waals surface area contributed by atoms with Crippen molar-refractivity contribution in [3.8, 4) is 0 Å². The minimum absolute atomic E-state index is 0.0833. The van der Waals surface area contributed by atoms with Crippen LogP contribution in [0.5, 0.6) is 0 Å². The Morgan fingerprint density at radius 3 is 2.50 bits per heavy atom. The Bertz CT molecular complexity index is 1010. The number of rotatable bonds is 6. The largest absolute Gasteiger partial charge is 0.349 e. The molecule has 0 saturated carbocycles. The molecule has 1 fully saturated rings. The Balaban J connectivity index is 1.71. The van der Waals surface area contributed by atoms with E-state index in [4.69, 9.17) is 11.6 Å². The van der Waals surface area contributed by atoms with Crippen LogP contribution in [0, 0.1) is 19.8 Å². The standard InChI is InChI=1S/C23H29ClN2O3S/c1-4-22(18-8-7-16(2)17(3)14-18)25-23(27)19-6-5-13-26(15-19)30(28,29)21-11-9-20(24)10-12-21/h7-12,14,19,22H,4-6,13,15H2,1-3H3,(H,25,27)/t19-,22+/m1/s1. The second-order valence-electron chi connectivity index (χ2n) is 7.97. The predicted octanol–water partition coefficient (Wildman–Crippen LogP) is 4.63. The molecule has 1 aliphatic heterocycles. The molecule has 0 bridgehead atoms. The van der Waals surface area contributed by atoms with Crippen molar-refractivity contribution in [1.29, 1.82) is 0 Å². The van der Waals surface area contributed by atoms with Gasteiger partial charge in [-0.05, 0) is 74.1 Å². The summed E-state index contributed by atoms with van der Waals surface area (Å²) in [6, 6.07) is 12.3. The van der Waals surface area contributed by atoms with Crippen molar-refractivity contribution < 1.29 is 13.2 Å². The van der Waals surface area contributed by atoms with E-state index in [-0.39, 0.29) is 29.3 Å². The summed E-state index contributed by atoms with van der Waals surface area (Å²) in [5.41, 5.74) is 3.49. The van der Waals surface area contributed by atoms with E-state index in [9.17, 15) is 13.2 Å². The van der Waals surface area contributed by atoms with E-state index in [1.165, 1.54) is 27.6 Å². The van der Waals surface area contributed by atoms with Crippen molar-refractivity contribution in [2.24, 2.45) is 5.92 Å². The molecule has 0 aromatic heterocycles. The number of amides is 1. The second kappa shape index (κ2) is 9.50. The quantitative estimate of drug-likeness (QED) is 0.700. The van der Waals surface area contributed by atoms with Crippen molar-refractivity contribution in [3.63, 3.8) is 0 Å². The summed E-state index contributed by atoms with van der Waals surface area (Å²) in [6.07, 6.45) is 2.11. The number of piperidine rings is 1. The topological polar surface area (TPSA) is 66.5 Å². The summed E-state index contributed by atoms with van der Waals surface area (Å²) in [5, 5.41) is 3.63. The third-order valence-corrected chi connectivity index (χ3v) is 8.00. The van der Waals surface area contributed by atoms with Crippen LogP contribution < -0.4 is 5.32 Å². The Kier molecular flexibility index (Phi) is 7.22. The summed E-state index contributed by atoms with van der Waals surface area (Å²) >= 11 is 5.88. The zero-order valence-corrected chi connectivity index (χ0v) is 19.3. The van der Waals surface area contributed by atoms with Crippen molar-refractivity contribution in [2.45, 2.75) is 51.0 Å². The monoisotopic (exact) mass is 448 g/mol. The zero-order valence-electron chi connectivity index (χ0n) is 17.7. The number of carbonyl (C=O) groups excluding carboxylic acids is 1. The molecule has 1 heterocycles. The minimum Gasteiger partial charge on any atom is -0.349 e. The number of hydrogen-bond donors (Lipinski definition) is 1. The number of nitrogens with one attached hydrogen (secondary N) is 1. The van der Waals surface area contributed by atoms with E-state index in [2.05, 4.69) is 37.4 Å². The summed E-state index contributed by atoms with van der Waals surface area (Å²) in [4.78, 5) is 13.2. The van der Waals surface area contributed by atoms with Gasteiger partial charge in [0, 0.05) is 18.1 Å². The number of hydrogen-bond acceptors (Lipinski definition) is 3. The fourth-order valence-corrected chi connectivity index (χ4v) is 5.47. The lowest BCUT2D eigenvalue weighted by Gasteiger charge is -2.32. The molecule has 2 aromatic carbocycles. The highest BCUT2D eigenvalue weighted by molar-refractivity contribution is 7.89. The van der Waals surface area contributed by atoms with Crippen molar-refractivity contribution in [2.75, 3.05) is 13.1 Å². The SMILES string of the molecule is CC[C@H](NC(=O)[C@@H]1CCCN(S(=O)(=O)c2ccc(Cl)cc2)C1)c1ccc(C)c(C)c1. The van der Waals surface area contributed by atoms with Gasteiger partial charge in [-0.15, -0.1) is 0 Å². The summed E-state index contributed by atoms with van der Waals surface area (Å²) in [6.45, 7) is 6.78. The minimum atomic E-state index is -3.65. The highest BCUT2D eigenvalue weighted by Gasteiger charge is 2.34. The molecule has 5 nitrogen and oxygen atoms in total. The number of sulfonamides is 1. The predicted molar refractivity (Wildman–Crippen MR) is 120 cm³/mol. The van der Waals surface area contributed by atoms with Gasteiger partial charge in [0.15, 0.2) is 0 Å². The van der Waals surface area contributed by atoms with E-state index in [1.54, 1.807) is 12.1 Å². The van der Waals surface area contributed by atoms with Crippen LogP contribution in [0.3, 0.4) is 0 Å². The number of nitrogens with zero attached hydrogens (tertiary/aromatic N) is 1. The van der Waals surface area contributed by atoms with Crippen molar-refractivity contribution in [1.82, 2.24) is 9.62 Å². The Labute approximate surface area is 184 Å². The molecule has 7 heteroatoms. The molecule has 1 aliphatic rings. The molecule has 0 unspecified atom stereocenters. The summed E-state index contributed by atoms with van der Waals surface area (Å²) in [7, 11) is -3.65. The number of carbonyl (C=O) groups is 1. The van der Waals surface area contributed by atoms with Gasteiger partial charge in [-0.2, -0.15) is 4.31 Å². The van der Waals surface area contributed by atoms with Crippen LogP contribution in [0.4, 0.5) is 0 Å². The lowest BCUT2D eigenvalue weighted by Crippen LogP contribution is -2.46. The molecule has 162 valence electrons. The van der Waals surface area contributed by atoms with E-state index in [1.807, 2.05) is 6.92 Å². The van der Waals surface area contributed by atoms with Crippen LogP contribution in [-0.4, -0.2) is 31.7 Å². The average Bonchev–Trinajstić information content (AvgIpc) is 2.74. The van der Waals surface area contributed by atoms with E-state index >= 15 is 0 Å². The van der Waals surface area contributed by atoms with Gasteiger partial charge in [0.25, 0.3) is 0 Å². The van der Waals surface area contributed by atoms with Gasteiger partial charge >= 0.3 is 0 Å². The highest BCUT2D eigenvalue weighted by Crippen LogP contribution is 2.26. The van der Waals surface area contributed by atoms with E-state index in [0.717, 1.165) is 12.0 Å². The van der Waals surface area contributed by atoms with Crippen LogP contribution >= 0.6 is 11.6 Å². The Morgan fingerprint density at radius 2 is 1.87 bits per heavy atom. The van der Waals surface area contributed by atoms with Gasteiger partial charge in [0.05, 0.1) is 16.9 Å². The van der Waals surface area contributed by atoms with Crippen LogP contribution in [0.25, 0.3) is 0 Å². The first-order valence-electron chi connectivity index (χ1n) is 10.4. The molecule has 2 atom stereocenters. The fourth-order valence-electron chi connectivity index (χ4n) is 3.82. The molecule has 2 aromatic rings. The van der Waals surface area contributed by atoms with Gasteiger partial charge < -0.3 is 5.32 Å².